The number of rotatable bonds is 3. The summed E-state index contributed by atoms with van der Waals surface area (Å²) in [6.45, 7) is 2.22. The van der Waals surface area contributed by atoms with Gasteiger partial charge >= 0.3 is 0 Å². The van der Waals surface area contributed by atoms with Crippen molar-refractivity contribution in [2.24, 2.45) is 0 Å². The summed E-state index contributed by atoms with van der Waals surface area (Å²) in [7, 11) is 0. The van der Waals surface area contributed by atoms with E-state index in [1.54, 1.807) is 13.0 Å². The molecule has 1 aromatic carbocycles. The van der Waals surface area contributed by atoms with Gasteiger partial charge < -0.3 is 15.7 Å². The molecule has 1 fully saturated rings. The Morgan fingerprint density at radius 3 is 2.95 bits per heavy atom. The molecular formula is C13H16ClFN2O2. The molecule has 19 heavy (non-hydrogen) atoms. The molecule has 3 atom stereocenters. The molecule has 0 saturated carbocycles. The molecule has 1 heterocycles. The summed E-state index contributed by atoms with van der Waals surface area (Å²) < 4.78 is 13.1. The molecule has 0 bridgehead atoms. The maximum Gasteiger partial charge on any atom is 0.237 e. The summed E-state index contributed by atoms with van der Waals surface area (Å²) >= 11 is 5.71. The van der Waals surface area contributed by atoms with E-state index in [1.165, 1.54) is 12.1 Å². The fourth-order valence-corrected chi connectivity index (χ4v) is 2.28. The highest BCUT2D eigenvalue weighted by molar-refractivity contribution is 6.30. The Kier molecular flexibility index (Phi) is 4.39. The minimum absolute atomic E-state index is 0.0352. The lowest BCUT2D eigenvalue weighted by molar-refractivity contribution is -0.123. The van der Waals surface area contributed by atoms with Crippen LogP contribution in [0.5, 0.6) is 0 Å². The second-order valence-corrected chi connectivity index (χ2v) is 5.16. The van der Waals surface area contributed by atoms with Gasteiger partial charge in [0.2, 0.25) is 5.91 Å². The first-order valence-electron chi connectivity index (χ1n) is 6.14. The summed E-state index contributed by atoms with van der Waals surface area (Å²) in [6, 6.07) is 3.71. The number of carbonyl (C=O) groups excluding carboxylic acids is 1. The lowest BCUT2D eigenvalue weighted by Gasteiger charge is -2.17. The molecule has 3 N–H and O–H groups in total. The highest BCUT2D eigenvalue weighted by Crippen LogP contribution is 2.21. The second-order valence-electron chi connectivity index (χ2n) is 4.75. The molecule has 0 aromatic heterocycles. The van der Waals surface area contributed by atoms with Gasteiger partial charge in [-0.05, 0) is 31.0 Å². The summed E-state index contributed by atoms with van der Waals surface area (Å²) in [6.07, 6.45) is -0.0748. The zero-order chi connectivity index (χ0) is 14.0. The third-order valence-corrected chi connectivity index (χ3v) is 3.52. The zero-order valence-electron chi connectivity index (χ0n) is 10.5. The lowest BCUT2D eigenvalue weighted by Crippen LogP contribution is -2.41. The van der Waals surface area contributed by atoms with Crippen molar-refractivity contribution in [1.82, 2.24) is 10.6 Å². The van der Waals surface area contributed by atoms with Crippen LogP contribution in [-0.2, 0) is 4.79 Å². The van der Waals surface area contributed by atoms with Crippen LogP contribution in [0.4, 0.5) is 4.39 Å². The summed E-state index contributed by atoms with van der Waals surface area (Å²) in [5.41, 5.74) is 0.735. The van der Waals surface area contributed by atoms with Crippen molar-refractivity contribution >= 4 is 17.5 Å². The molecule has 104 valence electrons. The van der Waals surface area contributed by atoms with Gasteiger partial charge in [0.1, 0.15) is 5.82 Å². The highest BCUT2D eigenvalue weighted by atomic mass is 35.5. The summed E-state index contributed by atoms with van der Waals surface area (Å²) in [5, 5.41) is 15.1. The molecule has 1 aliphatic heterocycles. The molecule has 1 amide bonds. The number of aliphatic hydroxyl groups excluding tert-OH is 1. The lowest BCUT2D eigenvalue weighted by atomic mass is 10.1. The van der Waals surface area contributed by atoms with Crippen LogP contribution in [0, 0.1) is 5.82 Å². The van der Waals surface area contributed by atoms with E-state index in [0.29, 0.717) is 13.0 Å². The average molecular weight is 287 g/mol. The fraction of sp³-hybridized carbons (Fsp3) is 0.462. The number of halogens is 2. The van der Waals surface area contributed by atoms with Gasteiger partial charge in [0.05, 0.1) is 23.2 Å². The number of carbonyl (C=O) groups is 1. The third kappa shape index (κ3) is 3.43. The predicted molar refractivity (Wildman–Crippen MR) is 70.4 cm³/mol. The van der Waals surface area contributed by atoms with E-state index in [2.05, 4.69) is 10.6 Å². The van der Waals surface area contributed by atoms with Gasteiger partial charge in [0.25, 0.3) is 0 Å². The predicted octanol–water partition coefficient (Wildman–Crippen LogP) is 1.38. The smallest absolute Gasteiger partial charge is 0.237 e. The molecule has 1 aromatic rings. The fourth-order valence-electron chi connectivity index (χ4n) is 2.10. The quantitative estimate of drug-likeness (QED) is 0.787. The number of β-amino-alcohol motifs (C(OH)–C–C–N with tert-alkyl or cyclic N) is 1. The maximum atomic E-state index is 13.1. The van der Waals surface area contributed by atoms with Crippen molar-refractivity contribution in [3.05, 3.63) is 34.6 Å². The first-order valence-corrected chi connectivity index (χ1v) is 6.52. The van der Waals surface area contributed by atoms with Gasteiger partial charge in [0, 0.05) is 6.54 Å². The molecule has 3 unspecified atom stereocenters. The Labute approximate surface area is 116 Å². The molecule has 4 nitrogen and oxygen atoms in total. The Morgan fingerprint density at radius 1 is 1.63 bits per heavy atom. The van der Waals surface area contributed by atoms with Gasteiger partial charge in [-0.2, -0.15) is 0 Å². The normalized spacial score (nSPS) is 24.2. The monoisotopic (exact) mass is 286 g/mol. The van der Waals surface area contributed by atoms with Crippen molar-refractivity contribution < 1.29 is 14.3 Å². The van der Waals surface area contributed by atoms with Gasteiger partial charge in [-0.3, -0.25) is 4.79 Å². The molecular weight excluding hydrogens is 271 g/mol. The minimum Gasteiger partial charge on any atom is -0.392 e. The van der Waals surface area contributed by atoms with E-state index < -0.39 is 11.9 Å². The van der Waals surface area contributed by atoms with Gasteiger partial charge in [-0.1, -0.05) is 17.7 Å². The number of aliphatic hydroxyl groups is 1. The van der Waals surface area contributed by atoms with Crippen LogP contribution in [0.15, 0.2) is 18.2 Å². The van der Waals surface area contributed by atoms with Crippen molar-refractivity contribution in [3.8, 4) is 0 Å². The summed E-state index contributed by atoms with van der Waals surface area (Å²) in [4.78, 5) is 11.9. The van der Waals surface area contributed by atoms with Crippen molar-refractivity contribution in [1.29, 1.82) is 0 Å². The molecule has 2 rings (SSSR count). The first-order chi connectivity index (χ1) is 8.97. The maximum absolute atomic E-state index is 13.1. The van der Waals surface area contributed by atoms with Crippen LogP contribution in [0.25, 0.3) is 0 Å². The van der Waals surface area contributed by atoms with E-state index in [1.807, 2.05) is 0 Å². The van der Waals surface area contributed by atoms with Crippen LogP contribution >= 0.6 is 11.6 Å². The zero-order valence-corrected chi connectivity index (χ0v) is 11.2. The van der Waals surface area contributed by atoms with Crippen LogP contribution in [0.2, 0.25) is 5.02 Å². The Hall–Kier alpha value is -1.17. The summed E-state index contributed by atoms with van der Waals surface area (Å²) in [5.74, 6) is -0.658. The molecule has 0 radical (unpaired) electrons. The topological polar surface area (TPSA) is 61.4 Å². The van der Waals surface area contributed by atoms with Crippen LogP contribution in [0.3, 0.4) is 0 Å². The number of hydrogen-bond acceptors (Lipinski definition) is 3. The highest BCUT2D eigenvalue weighted by Gasteiger charge is 2.28. The SMILES string of the molecule is CC(NC(=O)C1CC(O)CN1)c1ccc(F)c(Cl)c1. The molecule has 0 spiro atoms. The van der Waals surface area contributed by atoms with Gasteiger partial charge in [-0.15, -0.1) is 0 Å². The number of nitrogens with one attached hydrogen (secondary N) is 2. The van der Waals surface area contributed by atoms with Gasteiger partial charge in [-0.25, -0.2) is 4.39 Å². The van der Waals surface area contributed by atoms with Crippen LogP contribution in [0.1, 0.15) is 24.9 Å². The van der Waals surface area contributed by atoms with Crippen LogP contribution < -0.4 is 10.6 Å². The molecule has 1 aliphatic rings. The van der Waals surface area contributed by atoms with Crippen LogP contribution in [-0.4, -0.2) is 29.7 Å². The Morgan fingerprint density at radius 2 is 2.37 bits per heavy atom. The van der Waals surface area contributed by atoms with E-state index in [-0.39, 0.29) is 23.0 Å². The molecule has 1 saturated heterocycles. The number of hydrogen-bond donors (Lipinski definition) is 3. The Bertz CT molecular complexity index is 484. The molecule has 6 heteroatoms. The van der Waals surface area contributed by atoms with E-state index in [0.717, 1.165) is 5.56 Å². The van der Waals surface area contributed by atoms with E-state index in [4.69, 9.17) is 11.6 Å². The van der Waals surface area contributed by atoms with Crippen molar-refractivity contribution in [2.45, 2.75) is 31.5 Å². The average Bonchev–Trinajstić information content (AvgIpc) is 2.79. The largest absolute Gasteiger partial charge is 0.392 e. The number of amides is 1. The molecule has 0 aliphatic carbocycles. The second kappa shape index (κ2) is 5.86. The van der Waals surface area contributed by atoms with E-state index in [9.17, 15) is 14.3 Å². The standard InChI is InChI=1S/C13H16ClFN2O2/c1-7(8-2-3-11(15)10(14)4-8)17-13(19)12-5-9(18)6-16-12/h2-4,7,9,12,16,18H,5-6H2,1H3,(H,17,19). The van der Waals surface area contributed by atoms with Crippen molar-refractivity contribution in [2.75, 3.05) is 6.54 Å². The van der Waals surface area contributed by atoms with E-state index >= 15 is 0 Å². The Balaban J connectivity index is 1.98. The number of benzene rings is 1. The van der Waals surface area contributed by atoms with Gasteiger partial charge in [0.15, 0.2) is 0 Å². The minimum atomic E-state index is -0.482. The third-order valence-electron chi connectivity index (χ3n) is 3.23. The first kappa shape index (κ1) is 14.2. The van der Waals surface area contributed by atoms with Crippen molar-refractivity contribution in [3.63, 3.8) is 0 Å².